The highest BCUT2D eigenvalue weighted by atomic mass is 16.2. The first kappa shape index (κ1) is 14.5. The summed E-state index contributed by atoms with van der Waals surface area (Å²) < 4.78 is 2.30. The van der Waals surface area contributed by atoms with Crippen molar-refractivity contribution in [3.05, 3.63) is 24.0 Å². The number of fused-ring (bicyclic) bond motifs is 1. The first-order valence-corrected chi connectivity index (χ1v) is 8.51. The zero-order valence-electron chi connectivity index (χ0n) is 13.1. The first-order chi connectivity index (χ1) is 10.3. The maximum atomic E-state index is 12.7. The van der Waals surface area contributed by atoms with Gasteiger partial charge in [-0.2, -0.15) is 0 Å². The van der Waals surface area contributed by atoms with Gasteiger partial charge in [0.1, 0.15) is 0 Å². The van der Waals surface area contributed by atoms with Crippen molar-refractivity contribution in [3.8, 4) is 0 Å². The van der Waals surface area contributed by atoms with Crippen LogP contribution in [0.1, 0.15) is 63.6 Å². The molecule has 4 nitrogen and oxygen atoms in total. The molecule has 0 unspecified atom stereocenters. The molecule has 0 aromatic carbocycles. The average molecular weight is 289 g/mol. The minimum absolute atomic E-state index is 0.146. The Morgan fingerprint density at radius 3 is 2.86 bits per heavy atom. The van der Waals surface area contributed by atoms with E-state index in [9.17, 15) is 4.79 Å². The number of hydrogen-bond donors (Lipinski definition) is 1. The second-order valence-electron chi connectivity index (χ2n) is 6.41. The van der Waals surface area contributed by atoms with Gasteiger partial charge in [0, 0.05) is 31.0 Å². The number of nitrogens with one attached hydrogen (secondary N) is 1. The Morgan fingerprint density at radius 2 is 2.10 bits per heavy atom. The summed E-state index contributed by atoms with van der Waals surface area (Å²) in [5.74, 6) is 0. The molecule has 2 heterocycles. The Labute approximate surface area is 127 Å². The van der Waals surface area contributed by atoms with Crippen molar-refractivity contribution < 1.29 is 4.79 Å². The highest BCUT2D eigenvalue weighted by Gasteiger charge is 2.31. The maximum Gasteiger partial charge on any atom is 0.318 e. The van der Waals surface area contributed by atoms with E-state index in [0.717, 1.165) is 38.8 Å². The molecule has 2 aliphatic rings. The van der Waals surface area contributed by atoms with E-state index in [-0.39, 0.29) is 12.1 Å². The van der Waals surface area contributed by atoms with Crippen LogP contribution in [-0.2, 0) is 6.54 Å². The van der Waals surface area contributed by atoms with Gasteiger partial charge in [0.2, 0.25) is 0 Å². The normalized spacial score (nSPS) is 22.9. The van der Waals surface area contributed by atoms with Crippen LogP contribution in [0.2, 0.25) is 0 Å². The van der Waals surface area contributed by atoms with Gasteiger partial charge >= 0.3 is 6.03 Å². The summed E-state index contributed by atoms with van der Waals surface area (Å²) >= 11 is 0. The number of hydrogen-bond acceptors (Lipinski definition) is 1. The molecule has 0 saturated heterocycles. The van der Waals surface area contributed by atoms with E-state index in [1.54, 1.807) is 0 Å². The number of rotatable bonds is 3. The third-order valence-electron chi connectivity index (χ3n) is 4.92. The maximum absolute atomic E-state index is 12.7. The summed E-state index contributed by atoms with van der Waals surface area (Å²) in [6.45, 7) is 3.94. The van der Waals surface area contributed by atoms with Crippen LogP contribution in [0.15, 0.2) is 18.3 Å². The van der Waals surface area contributed by atoms with Gasteiger partial charge in [-0.1, -0.05) is 32.6 Å². The number of amides is 2. The fourth-order valence-electron chi connectivity index (χ4n) is 3.79. The van der Waals surface area contributed by atoms with E-state index in [0.29, 0.717) is 6.04 Å². The Balaban J connectivity index is 1.69. The summed E-state index contributed by atoms with van der Waals surface area (Å²) in [6.07, 6.45) is 10.4. The highest BCUT2D eigenvalue weighted by molar-refractivity contribution is 5.75. The number of nitrogens with zero attached hydrogens (tertiary/aromatic N) is 2. The first-order valence-electron chi connectivity index (χ1n) is 8.51. The molecule has 0 spiro atoms. The van der Waals surface area contributed by atoms with Gasteiger partial charge in [0.25, 0.3) is 0 Å². The molecule has 1 saturated carbocycles. The standard InChI is InChI=1S/C17H27N3O/c1-2-7-16-15-10-6-11-19(15)12-13-20(16)17(21)18-14-8-4-3-5-9-14/h6,10-11,14,16H,2-5,7-9,12-13H2,1H3,(H,18,21)/t16-/m0/s1. The minimum atomic E-state index is 0.146. The Kier molecular flexibility index (Phi) is 4.51. The van der Waals surface area contributed by atoms with Gasteiger partial charge in [0.05, 0.1) is 6.04 Å². The van der Waals surface area contributed by atoms with Gasteiger partial charge in [-0.15, -0.1) is 0 Å². The molecule has 2 amide bonds. The van der Waals surface area contributed by atoms with Crippen LogP contribution >= 0.6 is 0 Å². The Bertz CT molecular complexity index is 476. The quantitative estimate of drug-likeness (QED) is 0.905. The number of carbonyl (C=O) groups excluding carboxylic acids is 1. The van der Waals surface area contributed by atoms with E-state index >= 15 is 0 Å². The predicted molar refractivity (Wildman–Crippen MR) is 84.2 cm³/mol. The predicted octanol–water partition coefficient (Wildman–Crippen LogP) is 3.69. The van der Waals surface area contributed by atoms with Crippen molar-refractivity contribution >= 4 is 6.03 Å². The van der Waals surface area contributed by atoms with Crippen LogP contribution < -0.4 is 5.32 Å². The molecule has 116 valence electrons. The molecule has 0 bridgehead atoms. The van der Waals surface area contributed by atoms with E-state index in [4.69, 9.17) is 0 Å². The molecule has 1 aliphatic heterocycles. The number of aromatic nitrogens is 1. The molecule has 1 aromatic heterocycles. The van der Waals surface area contributed by atoms with Crippen LogP contribution in [0.25, 0.3) is 0 Å². The molecule has 1 aromatic rings. The number of carbonyl (C=O) groups is 1. The zero-order chi connectivity index (χ0) is 14.7. The minimum Gasteiger partial charge on any atom is -0.348 e. The molecule has 21 heavy (non-hydrogen) atoms. The molecular formula is C17H27N3O. The Hall–Kier alpha value is -1.45. The average Bonchev–Trinajstić information content (AvgIpc) is 2.97. The van der Waals surface area contributed by atoms with Crippen molar-refractivity contribution in [2.45, 2.75) is 70.5 Å². The second kappa shape index (κ2) is 6.54. The van der Waals surface area contributed by atoms with Crippen molar-refractivity contribution in [2.75, 3.05) is 6.54 Å². The van der Waals surface area contributed by atoms with Crippen LogP contribution in [0.4, 0.5) is 4.79 Å². The lowest BCUT2D eigenvalue weighted by molar-refractivity contribution is 0.145. The topological polar surface area (TPSA) is 37.3 Å². The number of urea groups is 1. The molecule has 0 radical (unpaired) electrons. The van der Waals surface area contributed by atoms with E-state index in [2.05, 4.69) is 40.0 Å². The van der Waals surface area contributed by atoms with Crippen molar-refractivity contribution in [2.24, 2.45) is 0 Å². The van der Waals surface area contributed by atoms with Crippen LogP contribution in [0, 0.1) is 0 Å². The van der Waals surface area contributed by atoms with Gasteiger partial charge in [-0.25, -0.2) is 4.79 Å². The lowest BCUT2D eigenvalue weighted by Gasteiger charge is -2.38. The van der Waals surface area contributed by atoms with E-state index in [1.165, 1.54) is 25.0 Å². The van der Waals surface area contributed by atoms with Crippen molar-refractivity contribution in [3.63, 3.8) is 0 Å². The second-order valence-corrected chi connectivity index (χ2v) is 6.41. The van der Waals surface area contributed by atoms with Gasteiger partial charge in [-0.3, -0.25) is 0 Å². The molecular weight excluding hydrogens is 262 g/mol. The van der Waals surface area contributed by atoms with Crippen LogP contribution in [-0.4, -0.2) is 28.1 Å². The monoisotopic (exact) mass is 289 g/mol. The summed E-state index contributed by atoms with van der Waals surface area (Å²) in [6, 6.07) is 5.04. The molecule has 1 N–H and O–H groups in total. The van der Waals surface area contributed by atoms with Crippen molar-refractivity contribution in [1.29, 1.82) is 0 Å². The van der Waals surface area contributed by atoms with Gasteiger partial charge in [0.15, 0.2) is 0 Å². The fraction of sp³-hybridized carbons (Fsp3) is 0.706. The molecule has 1 fully saturated rings. The largest absolute Gasteiger partial charge is 0.348 e. The summed E-state index contributed by atoms with van der Waals surface area (Å²) in [7, 11) is 0. The third kappa shape index (κ3) is 3.09. The smallest absolute Gasteiger partial charge is 0.318 e. The third-order valence-corrected chi connectivity index (χ3v) is 4.92. The van der Waals surface area contributed by atoms with E-state index < -0.39 is 0 Å². The van der Waals surface area contributed by atoms with E-state index in [1.807, 2.05) is 0 Å². The zero-order valence-corrected chi connectivity index (χ0v) is 13.1. The van der Waals surface area contributed by atoms with Crippen molar-refractivity contribution in [1.82, 2.24) is 14.8 Å². The molecule has 3 rings (SSSR count). The van der Waals surface area contributed by atoms with Gasteiger partial charge in [-0.05, 0) is 31.4 Å². The molecule has 4 heteroatoms. The van der Waals surface area contributed by atoms with Crippen LogP contribution in [0.3, 0.4) is 0 Å². The Morgan fingerprint density at radius 1 is 1.29 bits per heavy atom. The SMILES string of the molecule is CCC[C@H]1c2cccn2CCN1C(=O)NC1CCCCC1. The summed E-state index contributed by atoms with van der Waals surface area (Å²) in [4.78, 5) is 14.8. The molecule has 1 aliphatic carbocycles. The fourth-order valence-corrected chi connectivity index (χ4v) is 3.79. The van der Waals surface area contributed by atoms with Gasteiger partial charge < -0.3 is 14.8 Å². The molecule has 1 atom stereocenters. The lowest BCUT2D eigenvalue weighted by atomic mass is 9.95. The van der Waals surface area contributed by atoms with Crippen LogP contribution in [0.5, 0.6) is 0 Å². The lowest BCUT2D eigenvalue weighted by Crippen LogP contribution is -2.50. The summed E-state index contributed by atoms with van der Waals surface area (Å²) in [5.41, 5.74) is 1.29. The summed E-state index contributed by atoms with van der Waals surface area (Å²) in [5, 5.41) is 3.28. The highest BCUT2D eigenvalue weighted by Crippen LogP contribution is 2.30.